The molecule has 0 radical (unpaired) electrons. The SMILES string of the molecule is CC1(C)c2ccccc2-c2ccc(-c3cc(-c4ccc5c(c4)C(C)(C)c4ccccc4-5)nc(-c4ccc(-c5ccccc5)cc4)n3)cc21. The molecule has 2 aliphatic carbocycles. The average molecular weight is 617 g/mol. The van der Waals surface area contributed by atoms with Crippen molar-refractivity contribution in [1.29, 1.82) is 0 Å². The maximum atomic E-state index is 5.25. The van der Waals surface area contributed by atoms with Crippen molar-refractivity contribution in [2.24, 2.45) is 0 Å². The van der Waals surface area contributed by atoms with Gasteiger partial charge >= 0.3 is 0 Å². The molecule has 6 aromatic carbocycles. The molecule has 0 fully saturated rings. The summed E-state index contributed by atoms with van der Waals surface area (Å²) in [6.45, 7) is 9.32. The quantitative estimate of drug-likeness (QED) is 0.197. The topological polar surface area (TPSA) is 25.8 Å². The van der Waals surface area contributed by atoms with Crippen LogP contribution in [-0.4, -0.2) is 9.97 Å². The Morgan fingerprint density at radius 3 is 1.25 bits per heavy atom. The number of benzene rings is 6. The van der Waals surface area contributed by atoms with E-state index < -0.39 is 0 Å². The summed E-state index contributed by atoms with van der Waals surface area (Å²) in [6.07, 6.45) is 0. The van der Waals surface area contributed by atoms with Crippen molar-refractivity contribution in [3.63, 3.8) is 0 Å². The van der Waals surface area contributed by atoms with Crippen LogP contribution in [0.25, 0.3) is 67.3 Å². The minimum Gasteiger partial charge on any atom is -0.228 e. The molecular formula is C46H36N2. The summed E-state index contributed by atoms with van der Waals surface area (Å²) >= 11 is 0. The van der Waals surface area contributed by atoms with Crippen molar-refractivity contribution in [2.75, 3.05) is 0 Å². The third-order valence-electron chi connectivity index (χ3n) is 10.7. The van der Waals surface area contributed by atoms with Gasteiger partial charge in [0.2, 0.25) is 0 Å². The van der Waals surface area contributed by atoms with Crippen LogP contribution in [0.15, 0.2) is 146 Å². The summed E-state index contributed by atoms with van der Waals surface area (Å²) in [5.74, 6) is 0.730. The van der Waals surface area contributed by atoms with Gasteiger partial charge in [-0.05, 0) is 73.8 Å². The standard InChI is InChI=1S/C46H36N2/c1-45(2)38-16-10-8-14-34(38)36-24-22-32(26-40(36)45)42-28-43(33-23-25-37-35-15-9-11-17-39(35)46(3,4)41(37)27-33)48-44(47-42)31-20-18-30(19-21-31)29-12-6-5-7-13-29/h5-28H,1-4H3. The van der Waals surface area contributed by atoms with Gasteiger partial charge in [-0.25, -0.2) is 9.97 Å². The lowest BCUT2D eigenvalue weighted by atomic mass is 9.81. The van der Waals surface area contributed by atoms with E-state index in [2.05, 4.69) is 173 Å². The highest BCUT2D eigenvalue weighted by atomic mass is 14.9. The maximum absolute atomic E-state index is 5.25. The molecule has 0 spiro atoms. The van der Waals surface area contributed by atoms with Gasteiger partial charge in [0.25, 0.3) is 0 Å². The monoisotopic (exact) mass is 616 g/mol. The fourth-order valence-corrected chi connectivity index (χ4v) is 8.04. The molecule has 1 heterocycles. The highest BCUT2D eigenvalue weighted by Gasteiger charge is 2.36. The highest BCUT2D eigenvalue weighted by Crippen LogP contribution is 2.51. The number of fused-ring (bicyclic) bond motifs is 6. The molecule has 0 saturated heterocycles. The van der Waals surface area contributed by atoms with Gasteiger partial charge in [0, 0.05) is 27.5 Å². The predicted octanol–water partition coefficient (Wildman–Crippen LogP) is 11.8. The first-order valence-corrected chi connectivity index (χ1v) is 16.8. The Hall–Kier alpha value is -5.60. The van der Waals surface area contributed by atoms with Crippen LogP contribution < -0.4 is 0 Å². The molecule has 2 aliphatic rings. The van der Waals surface area contributed by atoms with E-state index in [-0.39, 0.29) is 10.8 Å². The van der Waals surface area contributed by atoms with Crippen LogP contribution in [0.2, 0.25) is 0 Å². The van der Waals surface area contributed by atoms with E-state index >= 15 is 0 Å². The van der Waals surface area contributed by atoms with Gasteiger partial charge in [-0.15, -0.1) is 0 Å². The molecular weight excluding hydrogens is 581 g/mol. The second-order valence-electron chi connectivity index (χ2n) is 14.3. The number of hydrogen-bond donors (Lipinski definition) is 0. The fourth-order valence-electron chi connectivity index (χ4n) is 8.04. The number of aromatic nitrogens is 2. The molecule has 0 unspecified atom stereocenters. The van der Waals surface area contributed by atoms with Gasteiger partial charge in [-0.1, -0.05) is 155 Å². The molecule has 0 amide bonds. The summed E-state index contributed by atoms with van der Waals surface area (Å²) in [7, 11) is 0. The summed E-state index contributed by atoms with van der Waals surface area (Å²) in [4.78, 5) is 10.5. The Labute approximate surface area is 282 Å². The molecule has 1 aromatic heterocycles. The van der Waals surface area contributed by atoms with Gasteiger partial charge in [-0.3, -0.25) is 0 Å². The number of hydrogen-bond acceptors (Lipinski definition) is 2. The predicted molar refractivity (Wildman–Crippen MR) is 199 cm³/mol. The molecule has 9 rings (SSSR count). The lowest BCUT2D eigenvalue weighted by Crippen LogP contribution is -2.15. The summed E-state index contributed by atoms with van der Waals surface area (Å²) in [6, 6.07) is 52.6. The van der Waals surface area contributed by atoms with E-state index in [1.54, 1.807) is 0 Å². The van der Waals surface area contributed by atoms with Crippen LogP contribution in [0, 0.1) is 0 Å². The Morgan fingerprint density at radius 2 is 0.729 bits per heavy atom. The van der Waals surface area contributed by atoms with Crippen molar-refractivity contribution in [3.8, 4) is 67.3 Å². The Balaban J connectivity index is 1.20. The van der Waals surface area contributed by atoms with E-state index in [1.807, 2.05) is 0 Å². The summed E-state index contributed by atoms with van der Waals surface area (Å²) < 4.78 is 0. The Morgan fingerprint density at radius 1 is 0.333 bits per heavy atom. The molecule has 48 heavy (non-hydrogen) atoms. The van der Waals surface area contributed by atoms with Crippen LogP contribution in [0.3, 0.4) is 0 Å². The minimum absolute atomic E-state index is 0.0888. The fraction of sp³-hybridized carbons (Fsp3) is 0.130. The third-order valence-corrected chi connectivity index (χ3v) is 10.7. The van der Waals surface area contributed by atoms with Crippen molar-refractivity contribution in [3.05, 3.63) is 168 Å². The van der Waals surface area contributed by atoms with Crippen molar-refractivity contribution in [2.45, 2.75) is 38.5 Å². The molecule has 7 aromatic rings. The van der Waals surface area contributed by atoms with E-state index in [0.29, 0.717) is 0 Å². The van der Waals surface area contributed by atoms with Gasteiger partial charge in [0.1, 0.15) is 0 Å². The first-order chi connectivity index (χ1) is 23.3. The van der Waals surface area contributed by atoms with Gasteiger partial charge in [0.05, 0.1) is 11.4 Å². The van der Waals surface area contributed by atoms with Crippen LogP contribution >= 0.6 is 0 Å². The lowest BCUT2D eigenvalue weighted by Gasteiger charge is -2.22. The second-order valence-corrected chi connectivity index (χ2v) is 14.3. The van der Waals surface area contributed by atoms with Gasteiger partial charge < -0.3 is 0 Å². The first-order valence-electron chi connectivity index (χ1n) is 16.8. The van der Waals surface area contributed by atoms with E-state index in [4.69, 9.17) is 9.97 Å². The molecule has 0 aliphatic heterocycles. The first kappa shape index (κ1) is 28.6. The molecule has 0 saturated carbocycles. The van der Waals surface area contributed by atoms with Gasteiger partial charge in [0.15, 0.2) is 5.82 Å². The maximum Gasteiger partial charge on any atom is 0.160 e. The number of nitrogens with zero attached hydrogens (tertiary/aromatic N) is 2. The van der Waals surface area contributed by atoms with Crippen molar-refractivity contribution < 1.29 is 0 Å². The zero-order valence-corrected chi connectivity index (χ0v) is 27.8. The molecule has 2 nitrogen and oxygen atoms in total. The summed E-state index contributed by atoms with van der Waals surface area (Å²) in [5, 5.41) is 0. The van der Waals surface area contributed by atoms with Gasteiger partial charge in [-0.2, -0.15) is 0 Å². The highest BCUT2D eigenvalue weighted by molar-refractivity contribution is 5.86. The third kappa shape index (κ3) is 4.33. The van der Waals surface area contributed by atoms with E-state index in [1.165, 1.54) is 55.6 Å². The largest absolute Gasteiger partial charge is 0.228 e. The Bertz CT molecular complexity index is 2250. The van der Waals surface area contributed by atoms with Crippen LogP contribution in [0.4, 0.5) is 0 Å². The minimum atomic E-state index is -0.0888. The van der Waals surface area contributed by atoms with E-state index in [9.17, 15) is 0 Å². The van der Waals surface area contributed by atoms with Crippen LogP contribution in [0.5, 0.6) is 0 Å². The number of rotatable bonds is 4. The lowest BCUT2D eigenvalue weighted by molar-refractivity contribution is 0.660. The normalized spacial score (nSPS) is 14.6. The Kier molecular flexibility index (Phi) is 6.23. The van der Waals surface area contributed by atoms with Crippen molar-refractivity contribution in [1.82, 2.24) is 9.97 Å². The van der Waals surface area contributed by atoms with Crippen molar-refractivity contribution >= 4 is 0 Å². The molecule has 0 N–H and O–H groups in total. The molecule has 0 atom stereocenters. The average Bonchev–Trinajstić information content (AvgIpc) is 3.51. The molecule has 0 bridgehead atoms. The zero-order chi connectivity index (χ0) is 32.6. The molecule has 230 valence electrons. The molecule has 2 heteroatoms. The van der Waals surface area contributed by atoms with Crippen LogP contribution in [0.1, 0.15) is 49.9 Å². The second kappa shape index (κ2) is 10.5. The smallest absolute Gasteiger partial charge is 0.160 e. The summed E-state index contributed by atoms with van der Waals surface area (Å²) in [5.41, 5.74) is 18.0. The van der Waals surface area contributed by atoms with Crippen LogP contribution in [-0.2, 0) is 10.8 Å². The zero-order valence-electron chi connectivity index (χ0n) is 27.8. The van der Waals surface area contributed by atoms with E-state index in [0.717, 1.165) is 33.9 Å².